The van der Waals surface area contributed by atoms with E-state index in [2.05, 4.69) is 18.7 Å². The summed E-state index contributed by atoms with van der Waals surface area (Å²) < 4.78 is 10.7. The van der Waals surface area contributed by atoms with Crippen LogP contribution in [0.15, 0.2) is 24.8 Å². The molecule has 76 valence electrons. The zero-order valence-corrected chi connectivity index (χ0v) is 8.66. The van der Waals surface area contributed by atoms with Crippen LogP contribution in [0, 0.1) is 0 Å². The normalized spacial score (nSPS) is 11.3. The van der Waals surface area contributed by atoms with E-state index in [1.54, 1.807) is 0 Å². The molecular formula is C11H20O2. The molecule has 0 saturated heterocycles. The number of allylic oxidation sites excluding steroid dienone is 2. The van der Waals surface area contributed by atoms with Crippen LogP contribution in [-0.2, 0) is 9.47 Å². The number of rotatable bonds is 8. The van der Waals surface area contributed by atoms with Crippen LogP contribution in [0.5, 0.6) is 0 Å². The van der Waals surface area contributed by atoms with E-state index in [0.29, 0.717) is 13.2 Å². The first-order chi connectivity index (χ1) is 6.35. The lowest BCUT2D eigenvalue weighted by Gasteiger charge is -2.14. The summed E-state index contributed by atoms with van der Waals surface area (Å²) in [7, 11) is 0. The van der Waals surface area contributed by atoms with E-state index in [1.165, 1.54) is 0 Å². The van der Waals surface area contributed by atoms with Crippen LogP contribution in [0.4, 0.5) is 0 Å². The summed E-state index contributed by atoms with van der Waals surface area (Å²) in [6, 6.07) is 0. The molecule has 0 N–H and O–H groups in total. The molecular weight excluding hydrogens is 164 g/mol. The minimum atomic E-state index is -0.0870. The predicted octanol–water partition coefficient (Wildman–Crippen LogP) is 2.91. The van der Waals surface area contributed by atoms with Crippen LogP contribution in [-0.4, -0.2) is 19.5 Å². The van der Waals surface area contributed by atoms with Gasteiger partial charge in [-0.15, -0.1) is 6.58 Å². The van der Waals surface area contributed by atoms with Gasteiger partial charge in [-0.1, -0.05) is 18.2 Å². The molecule has 0 bridgehead atoms. The van der Waals surface area contributed by atoms with Crippen molar-refractivity contribution >= 4 is 0 Å². The molecule has 0 heterocycles. The van der Waals surface area contributed by atoms with Crippen LogP contribution in [0.25, 0.3) is 0 Å². The maximum atomic E-state index is 5.36. The molecule has 0 aliphatic carbocycles. The van der Waals surface area contributed by atoms with Crippen molar-refractivity contribution < 1.29 is 9.47 Å². The van der Waals surface area contributed by atoms with Crippen molar-refractivity contribution in [1.82, 2.24) is 0 Å². The van der Waals surface area contributed by atoms with Crippen molar-refractivity contribution in [3.8, 4) is 0 Å². The van der Waals surface area contributed by atoms with E-state index in [1.807, 2.05) is 19.9 Å². The summed E-state index contributed by atoms with van der Waals surface area (Å²) in [5.41, 5.74) is 0. The van der Waals surface area contributed by atoms with Crippen LogP contribution < -0.4 is 0 Å². The van der Waals surface area contributed by atoms with Crippen LogP contribution in [0.1, 0.15) is 26.7 Å². The second-order valence-electron chi connectivity index (χ2n) is 2.57. The molecule has 0 aliphatic rings. The molecule has 0 spiro atoms. The Morgan fingerprint density at radius 3 is 2.23 bits per heavy atom. The van der Waals surface area contributed by atoms with E-state index >= 15 is 0 Å². The van der Waals surface area contributed by atoms with Gasteiger partial charge in [0.2, 0.25) is 0 Å². The molecule has 0 aliphatic heterocycles. The highest BCUT2D eigenvalue weighted by molar-refractivity contribution is 4.88. The quantitative estimate of drug-likeness (QED) is 0.426. The van der Waals surface area contributed by atoms with Crippen LogP contribution in [0.2, 0.25) is 0 Å². The highest BCUT2D eigenvalue weighted by Gasteiger charge is 2.03. The van der Waals surface area contributed by atoms with Crippen molar-refractivity contribution in [3.05, 3.63) is 24.8 Å². The van der Waals surface area contributed by atoms with Gasteiger partial charge in [0.1, 0.15) is 0 Å². The molecule has 0 rings (SSSR count). The summed E-state index contributed by atoms with van der Waals surface area (Å²) in [4.78, 5) is 0. The van der Waals surface area contributed by atoms with E-state index in [9.17, 15) is 0 Å². The van der Waals surface area contributed by atoms with Crippen molar-refractivity contribution in [2.24, 2.45) is 0 Å². The molecule has 0 aromatic heterocycles. The molecule has 0 aromatic rings. The molecule has 2 heteroatoms. The Labute approximate surface area is 81.2 Å². The Morgan fingerprint density at radius 2 is 1.77 bits per heavy atom. The fourth-order valence-corrected chi connectivity index (χ4v) is 0.956. The summed E-state index contributed by atoms with van der Waals surface area (Å²) in [5, 5.41) is 0. The van der Waals surface area contributed by atoms with Gasteiger partial charge in [-0.05, 0) is 20.3 Å². The van der Waals surface area contributed by atoms with E-state index < -0.39 is 0 Å². The molecule has 2 nitrogen and oxygen atoms in total. The molecule has 0 unspecified atom stereocenters. The average Bonchev–Trinajstić information content (AvgIpc) is 2.13. The topological polar surface area (TPSA) is 18.5 Å². The maximum absolute atomic E-state index is 5.36. The molecule has 0 fully saturated rings. The van der Waals surface area contributed by atoms with Gasteiger partial charge in [0, 0.05) is 19.6 Å². The zero-order chi connectivity index (χ0) is 9.94. The Bertz CT molecular complexity index is 135. The molecule has 0 aromatic carbocycles. The van der Waals surface area contributed by atoms with Gasteiger partial charge in [-0.3, -0.25) is 0 Å². The maximum Gasteiger partial charge on any atom is 0.160 e. The van der Waals surface area contributed by atoms with Crippen LogP contribution in [0.3, 0.4) is 0 Å². The summed E-state index contributed by atoms with van der Waals surface area (Å²) in [6.45, 7) is 8.97. The average molecular weight is 184 g/mol. The Kier molecular flexibility index (Phi) is 9.05. The summed E-state index contributed by atoms with van der Waals surface area (Å²) >= 11 is 0. The van der Waals surface area contributed by atoms with Crippen LogP contribution >= 0.6 is 0 Å². The van der Waals surface area contributed by atoms with E-state index in [4.69, 9.17) is 9.47 Å². The number of hydrogen-bond acceptors (Lipinski definition) is 2. The van der Waals surface area contributed by atoms with Gasteiger partial charge in [0.25, 0.3) is 0 Å². The largest absolute Gasteiger partial charge is 0.353 e. The fraction of sp³-hybridized carbons (Fsp3) is 0.636. The smallest absolute Gasteiger partial charge is 0.160 e. The molecule has 0 atom stereocenters. The minimum absolute atomic E-state index is 0.0870. The summed E-state index contributed by atoms with van der Waals surface area (Å²) in [5.74, 6) is 0. The first kappa shape index (κ1) is 12.4. The van der Waals surface area contributed by atoms with Crippen molar-refractivity contribution in [3.63, 3.8) is 0 Å². The number of hydrogen-bond donors (Lipinski definition) is 0. The first-order valence-corrected chi connectivity index (χ1v) is 4.84. The molecule has 0 amide bonds. The SMILES string of the molecule is C=CC/C=C/CC(OCC)OCC. The lowest BCUT2D eigenvalue weighted by molar-refractivity contribution is -0.133. The van der Waals surface area contributed by atoms with Gasteiger partial charge < -0.3 is 9.47 Å². The van der Waals surface area contributed by atoms with Crippen molar-refractivity contribution in [2.45, 2.75) is 33.0 Å². The Balaban J connectivity index is 3.60. The highest BCUT2D eigenvalue weighted by Crippen LogP contribution is 2.02. The third-order valence-corrected chi connectivity index (χ3v) is 1.50. The first-order valence-electron chi connectivity index (χ1n) is 4.84. The van der Waals surface area contributed by atoms with Gasteiger partial charge in [-0.2, -0.15) is 0 Å². The lowest BCUT2D eigenvalue weighted by Crippen LogP contribution is -2.16. The highest BCUT2D eigenvalue weighted by atomic mass is 16.7. The Hall–Kier alpha value is -0.600. The zero-order valence-electron chi connectivity index (χ0n) is 8.66. The third-order valence-electron chi connectivity index (χ3n) is 1.50. The third kappa shape index (κ3) is 7.75. The van der Waals surface area contributed by atoms with E-state index in [-0.39, 0.29) is 6.29 Å². The molecule has 0 radical (unpaired) electrons. The van der Waals surface area contributed by atoms with Gasteiger partial charge in [-0.25, -0.2) is 0 Å². The fourth-order valence-electron chi connectivity index (χ4n) is 0.956. The molecule has 13 heavy (non-hydrogen) atoms. The van der Waals surface area contributed by atoms with Gasteiger partial charge >= 0.3 is 0 Å². The standard InChI is InChI=1S/C11H20O2/c1-4-7-8-9-10-11(12-5-2)13-6-3/h4,8-9,11H,1,5-7,10H2,2-3H3/b9-8+. The molecule has 0 saturated carbocycles. The lowest BCUT2D eigenvalue weighted by atomic mass is 10.3. The second-order valence-corrected chi connectivity index (χ2v) is 2.57. The monoisotopic (exact) mass is 184 g/mol. The predicted molar refractivity (Wildman–Crippen MR) is 55.6 cm³/mol. The van der Waals surface area contributed by atoms with Gasteiger partial charge in [0.15, 0.2) is 6.29 Å². The van der Waals surface area contributed by atoms with Gasteiger partial charge in [0.05, 0.1) is 0 Å². The van der Waals surface area contributed by atoms with Crippen molar-refractivity contribution in [2.75, 3.05) is 13.2 Å². The minimum Gasteiger partial charge on any atom is -0.353 e. The van der Waals surface area contributed by atoms with Crippen molar-refractivity contribution in [1.29, 1.82) is 0 Å². The number of ether oxygens (including phenoxy) is 2. The Morgan fingerprint density at radius 1 is 1.15 bits per heavy atom. The van der Waals surface area contributed by atoms with E-state index in [0.717, 1.165) is 12.8 Å². The summed E-state index contributed by atoms with van der Waals surface area (Å²) in [6.07, 6.45) is 7.64. The second kappa shape index (κ2) is 9.49.